The zero-order valence-electron chi connectivity index (χ0n) is 25.7. The first-order valence-corrected chi connectivity index (χ1v) is 16.2. The molecule has 3 fully saturated rings. The maximum absolute atomic E-state index is 12.3. The van der Waals surface area contributed by atoms with Gasteiger partial charge in [-0.2, -0.15) is 0 Å². The maximum atomic E-state index is 12.3. The fourth-order valence-electron chi connectivity index (χ4n) is 6.20. The third-order valence-electron chi connectivity index (χ3n) is 8.68. The van der Waals surface area contributed by atoms with Crippen LogP contribution in [0.25, 0.3) is 0 Å². The van der Waals surface area contributed by atoms with Crippen LogP contribution in [0.15, 0.2) is 85.5 Å². The summed E-state index contributed by atoms with van der Waals surface area (Å²) in [6.45, 7) is 6.09. The third kappa shape index (κ3) is 6.48. The van der Waals surface area contributed by atoms with Crippen molar-refractivity contribution in [2.75, 3.05) is 54.1 Å². The molecule has 47 heavy (non-hydrogen) atoms. The summed E-state index contributed by atoms with van der Waals surface area (Å²) in [5.74, 6) is -0.601. The van der Waals surface area contributed by atoms with Gasteiger partial charge in [-0.15, -0.1) is 0 Å². The van der Waals surface area contributed by atoms with Crippen molar-refractivity contribution >= 4 is 52.2 Å². The number of imidazole rings is 1. The molecule has 0 saturated carbocycles. The summed E-state index contributed by atoms with van der Waals surface area (Å²) in [7, 11) is 0. The highest BCUT2D eigenvalue weighted by molar-refractivity contribution is 6.35. The summed E-state index contributed by atoms with van der Waals surface area (Å²) >= 11 is 12.7. The number of carbonyl (C=O) groups excluding carboxylic acids is 2. The van der Waals surface area contributed by atoms with Gasteiger partial charge in [-0.05, 0) is 67.6 Å². The number of halogens is 2. The number of nitrogens with one attached hydrogen (secondary N) is 1. The number of hydrogen-bond acceptors (Lipinski definition) is 8. The lowest BCUT2D eigenvalue weighted by atomic mass is 10.1. The van der Waals surface area contributed by atoms with E-state index in [4.69, 9.17) is 37.4 Å². The van der Waals surface area contributed by atoms with Crippen molar-refractivity contribution in [3.05, 3.63) is 101 Å². The number of imide groups is 1. The molecule has 3 amide bonds. The van der Waals surface area contributed by atoms with Crippen LogP contribution in [0, 0.1) is 0 Å². The molecule has 0 aliphatic carbocycles. The number of urea groups is 1. The quantitative estimate of drug-likeness (QED) is 0.238. The Morgan fingerprint density at radius 1 is 0.936 bits per heavy atom. The first-order valence-electron chi connectivity index (χ1n) is 15.5. The molecule has 3 aromatic carbocycles. The fourth-order valence-corrected chi connectivity index (χ4v) is 6.76. The molecule has 244 valence electrons. The minimum Gasteiger partial charge on any atom is -0.491 e. The molecular weight excluding hydrogens is 643 g/mol. The minimum atomic E-state index is -1.10. The second-order valence-electron chi connectivity index (χ2n) is 11.8. The van der Waals surface area contributed by atoms with Crippen LogP contribution in [-0.2, 0) is 26.6 Å². The molecule has 3 aliphatic heterocycles. The number of aromatic nitrogens is 2. The van der Waals surface area contributed by atoms with Gasteiger partial charge in [0.1, 0.15) is 24.5 Å². The van der Waals surface area contributed by atoms with Gasteiger partial charge in [-0.25, -0.2) is 14.7 Å². The number of hydrogen-bond donors (Lipinski definition) is 1. The molecule has 1 aromatic heterocycles. The molecule has 0 spiro atoms. The van der Waals surface area contributed by atoms with Crippen molar-refractivity contribution in [3.63, 3.8) is 0 Å². The van der Waals surface area contributed by atoms with E-state index in [2.05, 4.69) is 32.2 Å². The Balaban J connectivity index is 0.926. The molecule has 13 heteroatoms. The van der Waals surface area contributed by atoms with Crippen molar-refractivity contribution in [2.45, 2.75) is 31.4 Å². The van der Waals surface area contributed by atoms with Gasteiger partial charge in [0.25, 0.3) is 5.91 Å². The van der Waals surface area contributed by atoms with E-state index in [1.807, 2.05) is 53.2 Å². The van der Waals surface area contributed by atoms with Crippen LogP contribution in [0.5, 0.6) is 5.75 Å². The number of carbonyl (C=O) groups is 2. The molecule has 3 unspecified atom stereocenters. The first kappa shape index (κ1) is 31.3. The maximum Gasteiger partial charge on any atom is 0.329 e. The summed E-state index contributed by atoms with van der Waals surface area (Å²) in [4.78, 5) is 34.5. The minimum absolute atomic E-state index is 0.239. The van der Waals surface area contributed by atoms with Gasteiger partial charge in [-0.1, -0.05) is 29.3 Å². The predicted molar refractivity (Wildman–Crippen MR) is 179 cm³/mol. The van der Waals surface area contributed by atoms with Crippen molar-refractivity contribution < 1.29 is 23.8 Å². The largest absolute Gasteiger partial charge is 0.491 e. The van der Waals surface area contributed by atoms with E-state index in [1.165, 1.54) is 4.90 Å². The first-order chi connectivity index (χ1) is 22.8. The van der Waals surface area contributed by atoms with E-state index >= 15 is 0 Å². The van der Waals surface area contributed by atoms with Crippen LogP contribution in [0.2, 0.25) is 10.0 Å². The summed E-state index contributed by atoms with van der Waals surface area (Å²) in [6, 6.07) is 20.1. The van der Waals surface area contributed by atoms with Crippen LogP contribution in [-0.4, -0.2) is 73.0 Å². The van der Waals surface area contributed by atoms with Crippen molar-refractivity contribution in [3.8, 4) is 5.75 Å². The van der Waals surface area contributed by atoms with E-state index in [1.54, 1.807) is 31.6 Å². The van der Waals surface area contributed by atoms with E-state index in [0.29, 0.717) is 41.1 Å². The highest BCUT2D eigenvalue weighted by Gasteiger charge is 2.45. The van der Waals surface area contributed by atoms with Crippen molar-refractivity contribution in [1.29, 1.82) is 0 Å². The molecule has 7 rings (SSSR count). The summed E-state index contributed by atoms with van der Waals surface area (Å²) in [6.07, 6.45) is 4.95. The predicted octanol–water partition coefficient (Wildman–Crippen LogP) is 5.31. The van der Waals surface area contributed by atoms with Gasteiger partial charge in [0.05, 0.1) is 30.2 Å². The normalized spacial score (nSPS) is 23.0. The Morgan fingerprint density at radius 3 is 2.19 bits per heavy atom. The molecule has 4 aromatic rings. The topological polar surface area (TPSA) is 101 Å². The van der Waals surface area contributed by atoms with Crippen LogP contribution in [0.3, 0.4) is 0 Å². The standard InChI is InChI=1S/C34H34Cl2N6O5/c1-23-32(43)42(33(44)38-23)27-5-3-25(4-6-27)40-14-16-41(17-15-40)26-7-9-28(10-8-26)45-19-29-20-46-34(47-29,21-39-13-12-37-22-39)30-11-2-24(35)18-31(30)36/h2-13,18,22-23,29H,14-17,19-21H2,1H3,(H,38,44). The lowest BCUT2D eigenvalue weighted by Gasteiger charge is -2.37. The average molecular weight is 678 g/mol. The van der Waals surface area contributed by atoms with Gasteiger partial charge in [0.2, 0.25) is 5.79 Å². The smallest absolute Gasteiger partial charge is 0.329 e. The molecule has 3 saturated heterocycles. The number of piperazine rings is 1. The number of anilines is 3. The van der Waals surface area contributed by atoms with Gasteiger partial charge in [0.15, 0.2) is 0 Å². The Kier molecular flexibility index (Phi) is 8.71. The van der Waals surface area contributed by atoms with Crippen molar-refractivity contribution in [2.24, 2.45) is 0 Å². The zero-order valence-corrected chi connectivity index (χ0v) is 27.2. The lowest BCUT2D eigenvalue weighted by molar-refractivity contribution is -0.189. The van der Waals surface area contributed by atoms with E-state index in [0.717, 1.165) is 43.3 Å². The molecular formula is C34H34Cl2N6O5. The zero-order chi connectivity index (χ0) is 32.5. The number of amides is 3. The van der Waals surface area contributed by atoms with Crippen LogP contribution >= 0.6 is 23.2 Å². The molecule has 0 bridgehead atoms. The Hall–Kier alpha value is -4.29. The number of ether oxygens (including phenoxy) is 3. The van der Waals surface area contributed by atoms with Gasteiger partial charge >= 0.3 is 6.03 Å². The highest BCUT2D eigenvalue weighted by Crippen LogP contribution is 2.40. The SMILES string of the molecule is CC1NC(=O)N(c2ccc(N3CCN(c4ccc(OCC5COC(Cn6ccnc6)(c6ccc(Cl)cc6Cl)O5)cc4)CC3)cc2)C1=O. The lowest BCUT2D eigenvalue weighted by Crippen LogP contribution is -2.46. The monoisotopic (exact) mass is 676 g/mol. The Labute approximate surface area is 282 Å². The van der Waals surface area contributed by atoms with Gasteiger partial charge < -0.3 is 33.9 Å². The van der Waals surface area contributed by atoms with Crippen LogP contribution < -0.4 is 24.8 Å². The molecule has 1 N–H and O–H groups in total. The number of rotatable bonds is 9. The molecule has 3 atom stereocenters. The second-order valence-corrected chi connectivity index (χ2v) is 12.6. The van der Waals surface area contributed by atoms with Gasteiger partial charge in [0, 0.05) is 60.5 Å². The van der Waals surface area contributed by atoms with E-state index < -0.39 is 11.8 Å². The van der Waals surface area contributed by atoms with Gasteiger partial charge in [-0.3, -0.25) is 4.79 Å². The summed E-state index contributed by atoms with van der Waals surface area (Å²) in [5.41, 5.74) is 3.46. The molecule has 4 heterocycles. The molecule has 3 aliphatic rings. The summed E-state index contributed by atoms with van der Waals surface area (Å²) < 4.78 is 20.8. The number of nitrogens with zero attached hydrogens (tertiary/aromatic N) is 5. The average Bonchev–Trinajstić information content (AvgIpc) is 3.80. The molecule has 0 radical (unpaired) electrons. The summed E-state index contributed by atoms with van der Waals surface area (Å²) in [5, 5.41) is 3.65. The fraction of sp³-hybridized carbons (Fsp3) is 0.324. The van der Waals surface area contributed by atoms with E-state index in [-0.39, 0.29) is 18.0 Å². The number of benzene rings is 3. The highest BCUT2D eigenvalue weighted by atomic mass is 35.5. The third-order valence-corrected chi connectivity index (χ3v) is 9.22. The van der Waals surface area contributed by atoms with Crippen LogP contribution in [0.4, 0.5) is 21.9 Å². The molecule has 11 nitrogen and oxygen atoms in total. The van der Waals surface area contributed by atoms with Crippen molar-refractivity contribution in [1.82, 2.24) is 14.9 Å². The second kappa shape index (κ2) is 13.1. The van der Waals surface area contributed by atoms with E-state index in [9.17, 15) is 9.59 Å². The Morgan fingerprint density at radius 2 is 1.60 bits per heavy atom. The van der Waals surface area contributed by atoms with Crippen LogP contribution in [0.1, 0.15) is 12.5 Å². The Bertz CT molecular complexity index is 1730.